The number of benzene rings is 1. The lowest BCUT2D eigenvalue weighted by Crippen LogP contribution is -2.33. The number of hydrogen-bond acceptors (Lipinski definition) is 3. The second-order valence-corrected chi connectivity index (χ2v) is 5.61. The molecule has 3 rings (SSSR count). The van der Waals surface area contributed by atoms with Crippen molar-refractivity contribution in [3.05, 3.63) is 36.0 Å². The van der Waals surface area contributed by atoms with Crippen LogP contribution in [0.25, 0.3) is 10.9 Å². The van der Waals surface area contributed by atoms with Gasteiger partial charge in [-0.2, -0.15) is 0 Å². The molecule has 0 amide bonds. The van der Waals surface area contributed by atoms with Crippen LogP contribution in [0.5, 0.6) is 0 Å². The molecular weight excluding hydrogens is 236 g/mol. The van der Waals surface area contributed by atoms with Gasteiger partial charge in [-0.05, 0) is 44.0 Å². The van der Waals surface area contributed by atoms with Crippen LogP contribution in [-0.2, 0) is 0 Å². The zero-order valence-electron chi connectivity index (χ0n) is 11.3. The number of nitrogens with one attached hydrogen (secondary N) is 1. The van der Waals surface area contributed by atoms with Gasteiger partial charge in [-0.15, -0.1) is 0 Å². The number of aliphatic hydroxyl groups is 1. The summed E-state index contributed by atoms with van der Waals surface area (Å²) in [4.78, 5) is 4.53. The van der Waals surface area contributed by atoms with Crippen LogP contribution in [0.1, 0.15) is 31.4 Å². The zero-order chi connectivity index (χ0) is 13.3. The van der Waals surface area contributed by atoms with E-state index >= 15 is 0 Å². The Kier molecular flexibility index (Phi) is 3.15. The second-order valence-electron chi connectivity index (χ2n) is 5.61. The van der Waals surface area contributed by atoms with E-state index in [-0.39, 0.29) is 0 Å². The van der Waals surface area contributed by atoms with Gasteiger partial charge in [-0.3, -0.25) is 4.98 Å². The summed E-state index contributed by atoms with van der Waals surface area (Å²) >= 11 is 0. The highest BCUT2D eigenvalue weighted by Crippen LogP contribution is 2.30. The molecule has 0 bridgehead atoms. The van der Waals surface area contributed by atoms with Gasteiger partial charge < -0.3 is 10.4 Å². The van der Waals surface area contributed by atoms with Crippen LogP contribution in [0.3, 0.4) is 0 Å². The van der Waals surface area contributed by atoms with E-state index in [1.165, 1.54) is 0 Å². The Balaban J connectivity index is 1.84. The van der Waals surface area contributed by atoms with Gasteiger partial charge >= 0.3 is 0 Å². The monoisotopic (exact) mass is 256 g/mol. The van der Waals surface area contributed by atoms with E-state index in [1.807, 2.05) is 25.1 Å². The predicted octanol–water partition coefficient (Wildman–Crippen LogP) is 3.26. The molecule has 1 saturated carbocycles. The molecule has 0 aliphatic heterocycles. The topological polar surface area (TPSA) is 45.1 Å². The van der Waals surface area contributed by atoms with E-state index < -0.39 is 5.60 Å². The zero-order valence-corrected chi connectivity index (χ0v) is 11.3. The molecule has 2 N–H and O–H groups in total. The molecule has 1 aromatic carbocycles. The fourth-order valence-corrected chi connectivity index (χ4v) is 2.88. The lowest BCUT2D eigenvalue weighted by molar-refractivity contribution is 0.0615. The number of nitrogens with zero attached hydrogens (tertiary/aromatic N) is 1. The van der Waals surface area contributed by atoms with Gasteiger partial charge in [0.15, 0.2) is 0 Å². The van der Waals surface area contributed by atoms with E-state index in [4.69, 9.17) is 0 Å². The molecule has 1 aromatic heterocycles. The Morgan fingerprint density at radius 1 is 1.21 bits per heavy atom. The third-order valence-electron chi connectivity index (χ3n) is 4.01. The van der Waals surface area contributed by atoms with E-state index in [0.717, 1.165) is 48.0 Å². The molecule has 2 aromatic rings. The quantitative estimate of drug-likeness (QED) is 0.886. The maximum atomic E-state index is 10.4. The summed E-state index contributed by atoms with van der Waals surface area (Å²) < 4.78 is 0. The van der Waals surface area contributed by atoms with E-state index in [2.05, 4.69) is 22.4 Å². The lowest BCUT2D eigenvalue weighted by atomic mass is 10.0. The summed E-state index contributed by atoms with van der Waals surface area (Å²) in [5.74, 6) is 0. The van der Waals surface area contributed by atoms with Crippen LogP contribution >= 0.6 is 0 Å². The largest absolute Gasteiger partial charge is 0.388 e. The molecule has 1 fully saturated rings. The van der Waals surface area contributed by atoms with Gasteiger partial charge in [-0.1, -0.05) is 18.9 Å². The second kappa shape index (κ2) is 4.82. The normalized spacial score (nSPS) is 17.8. The van der Waals surface area contributed by atoms with Crippen molar-refractivity contribution in [1.82, 2.24) is 4.98 Å². The molecule has 3 nitrogen and oxygen atoms in total. The average Bonchev–Trinajstić information content (AvgIpc) is 2.83. The number of aryl methyl sites for hydroxylation is 1. The number of fused-ring (bicyclic) bond motifs is 1. The number of anilines is 1. The number of pyridine rings is 1. The van der Waals surface area contributed by atoms with Crippen molar-refractivity contribution in [3.63, 3.8) is 0 Å². The number of hydrogen-bond donors (Lipinski definition) is 2. The first-order valence-electron chi connectivity index (χ1n) is 6.99. The van der Waals surface area contributed by atoms with Gasteiger partial charge in [0, 0.05) is 23.3 Å². The Labute approximate surface area is 113 Å². The highest BCUT2D eigenvalue weighted by molar-refractivity contribution is 5.91. The fourth-order valence-electron chi connectivity index (χ4n) is 2.88. The molecule has 0 unspecified atom stereocenters. The van der Waals surface area contributed by atoms with Gasteiger partial charge in [0.05, 0.1) is 11.1 Å². The smallest absolute Gasteiger partial charge is 0.0819 e. The van der Waals surface area contributed by atoms with E-state index in [0.29, 0.717) is 6.54 Å². The Hall–Kier alpha value is -1.61. The van der Waals surface area contributed by atoms with Crippen LogP contribution in [-0.4, -0.2) is 22.2 Å². The summed E-state index contributed by atoms with van der Waals surface area (Å²) in [6.45, 7) is 2.63. The van der Waals surface area contributed by atoms with Crippen molar-refractivity contribution < 1.29 is 5.11 Å². The molecule has 0 atom stereocenters. The molecule has 1 heterocycles. The summed E-state index contributed by atoms with van der Waals surface area (Å²) in [6, 6.07) is 10.2. The van der Waals surface area contributed by atoms with Gasteiger partial charge in [0.25, 0.3) is 0 Å². The highest BCUT2D eigenvalue weighted by atomic mass is 16.3. The first-order chi connectivity index (χ1) is 9.16. The van der Waals surface area contributed by atoms with Crippen LogP contribution in [0, 0.1) is 6.92 Å². The maximum absolute atomic E-state index is 10.4. The molecule has 19 heavy (non-hydrogen) atoms. The minimum atomic E-state index is -0.527. The molecule has 1 aliphatic carbocycles. The lowest BCUT2D eigenvalue weighted by Gasteiger charge is -2.23. The molecular formula is C16H20N2O. The first kappa shape index (κ1) is 12.4. The van der Waals surface area contributed by atoms with E-state index in [1.54, 1.807) is 0 Å². The van der Waals surface area contributed by atoms with Crippen molar-refractivity contribution in [3.8, 4) is 0 Å². The molecule has 0 saturated heterocycles. The standard InChI is InChI=1S/C16H20N2O/c1-12-7-8-13-14(5-4-6-15(13)18-12)17-11-16(19)9-2-3-10-16/h4-8,17,19H,2-3,9-11H2,1H3. The van der Waals surface area contributed by atoms with Crippen molar-refractivity contribution in [2.45, 2.75) is 38.2 Å². The van der Waals surface area contributed by atoms with Crippen LogP contribution in [0.4, 0.5) is 5.69 Å². The third kappa shape index (κ3) is 2.56. The highest BCUT2D eigenvalue weighted by Gasteiger charge is 2.30. The minimum absolute atomic E-state index is 0.527. The maximum Gasteiger partial charge on any atom is 0.0819 e. The molecule has 0 radical (unpaired) electrons. The van der Waals surface area contributed by atoms with Crippen LogP contribution in [0.2, 0.25) is 0 Å². The molecule has 100 valence electrons. The van der Waals surface area contributed by atoms with Crippen molar-refractivity contribution in [2.24, 2.45) is 0 Å². The number of aromatic nitrogens is 1. The molecule has 1 aliphatic rings. The van der Waals surface area contributed by atoms with Crippen molar-refractivity contribution in [2.75, 3.05) is 11.9 Å². The minimum Gasteiger partial charge on any atom is -0.388 e. The third-order valence-corrected chi connectivity index (χ3v) is 4.01. The first-order valence-corrected chi connectivity index (χ1v) is 6.99. The van der Waals surface area contributed by atoms with Crippen LogP contribution < -0.4 is 5.32 Å². The summed E-state index contributed by atoms with van der Waals surface area (Å²) in [6.07, 6.45) is 4.08. The van der Waals surface area contributed by atoms with Crippen molar-refractivity contribution >= 4 is 16.6 Å². The van der Waals surface area contributed by atoms with Crippen LogP contribution in [0.15, 0.2) is 30.3 Å². The number of rotatable bonds is 3. The Bertz CT molecular complexity index is 588. The van der Waals surface area contributed by atoms with Gasteiger partial charge in [0.2, 0.25) is 0 Å². The average molecular weight is 256 g/mol. The Morgan fingerprint density at radius 3 is 2.79 bits per heavy atom. The van der Waals surface area contributed by atoms with Gasteiger partial charge in [-0.25, -0.2) is 0 Å². The SMILES string of the molecule is Cc1ccc2c(NCC3(O)CCCC3)cccc2n1. The molecule has 3 heteroatoms. The summed E-state index contributed by atoms with van der Waals surface area (Å²) in [7, 11) is 0. The summed E-state index contributed by atoms with van der Waals surface area (Å²) in [5.41, 5.74) is 2.56. The molecule has 0 spiro atoms. The fraction of sp³-hybridized carbons (Fsp3) is 0.438. The van der Waals surface area contributed by atoms with E-state index in [9.17, 15) is 5.11 Å². The Morgan fingerprint density at radius 2 is 2.00 bits per heavy atom. The van der Waals surface area contributed by atoms with Crippen molar-refractivity contribution in [1.29, 1.82) is 0 Å². The summed E-state index contributed by atoms with van der Waals surface area (Å²) in [5, 5.41) is 14.9. The predicted molar refractivity (Wildman–Crippen MR) is 78.4 cm³/mol. The van der Waals surface area contributed by atoms with Gasteiger partial charge in [0.1, 0.15) is 0 Å².